The fraction of sp³-hybridized carbons (Fsp3) is 0.278. The van der Waals surface area contributed by atoms with Gasteiger partial charge < -0.3 is 9.80 Å². The van der Waals surface area contributed by atoms with Gasteiger partial charge in [0, 0.05) is 30.7 Å². The number of hydrogen-bond donors (Lipinski definition) is 0. The number of benzene rings is 1. The Morgan fingerprint density at radius 2 is 2.12 bits per heavy atom. The molecule has 2 amide bonds. The van der Waals surface area contributed by atoms with Crippen LogP contribution in [0.4, 0.5) is 5.69 Å². The Kier molecular flexibility index (Phi) is 4.76. The van der Waals surface area contributed by atoms with Crippen molar-refractivity contribution in [2.45, 2.75) is 19.4 Å². The average molecular weight is 341 g/mol. The number of amides is 2. The minimum Gasteiger partial charge on any atom is -0.330 e. The zero-order valence-electron chi connectivity index (χ0n) is 13.7. The van der Waals surface area contributed by atoms with Crippen LogP contribution in [0.5, 0.6) is 0 Å². The minimum atomic E-state index is -0.417. The van der Waals surface area contributed by atoms with Gasteiger partial charge >= 0.3 is 0 Å². The molecule has 0 spiro atoms. The highest BCUT2D eigenvalue weighted by molar-refractivity contribution is 7.09. The molecular weight excluding hydrogens is 322 g/mol. The Morgan fingerprint density at radius 1 is 1.38 bits per heavy atom. The van der Waals surface area contributed by atoms with E-state index in [1.807, 2.05) is 42.6 Å². The number of carbonyl (C=O) groups excluding carboxylic acids is 2. The number of nitrogens with zero attached hydrogens (tertiary/aromatic N) is 3. The van der Waals surface area contributed by atoms with Crippen molar-refractivity contribution >= 4 is 34.9 Å². The first-order valence-corrected chi connectivity index (χ1v) is 8.67. The van der Waals surface area contributed by atoms with Crippen LogP contribution in [0.2, 0.25) is 0 Å². The first-order chi connectivity index (χ1) is 11.6. The highest BCUT2D eigenvalue weighted by Crippen LogP contribution is 2.23. The summed E-state index contributed by atoms with van der Waals surface area (Å²) in [5, 5.41) is 2.86. The number of anilines is 1. The van der Waals surface area contributed by atoms with E-state index in [0.29, 0.717) is 13.0 Å². The molecule has 3 rings (SSSR count). The second-order valence-corrected chi connectivity index (χ2v) is 6.77. The molecule has 0 aliphatic carbocycles. The topological polar surface area (TPSA) is 53.5 Å². The van der Waals surface area contributed by atoms with Crippen LogP contribution in [0, 0.1) is 6.92 Å². The summed E-state index contributed by atoms with van der Waals surface area (Å²) in [6.45, 7) is 2.55. The van der Waals surface area contributed by atoms with E-state index < -0.39 is 6.04 Å². The molecule has 1 saturated heterocycles. The number of thiazole rings is 1. The quantitative estimate of drug-likeness (QED) is 0.804. The SMILES string of the molecule is Cc1nc(/C=C\C(=O)N(C)[C@H]2CCN(c3ccccc3)C2=O)cs1. The van der Waals surface area contributed by atoms with Crippen LogP contribution in [0.15, 0.2) is 41.8 Å². The summed E-state index contributed by atoms with van der Waals surface area (Å²) in [4.78, 5) is 32.5. The summed E-state index contributed by atoms with van der Waals surface area (Å²) in [5.41, 5.74) is 1.64. The monoisotopic (exact) mass is 341 g/mol. The van der Waals surface area contributed by atoms with Crippen LogP contribution in [0.1, 0.15) is 17.1 Å². The fourth-order valence-corrected chi connectivity index (χ4v) is 3.35. The molecule has 0 saturated carbocycles. The van der Waals surface area contributed by atoms with Gasteiger partial charge in [-0.25, -0.2) is 4.98 Å². The van der Waals surface area contributed by atoms with Crippen molar-refractivity contribution in [1.82, 2.24) is 9.88 Å². The highest BCUT2D eigenvalue weighted by atomic mass is 32.1. The van der Waals surface area contributed by atoms with Crippen molar-refractivity contribution in [3.8, 4) is 0 Å². The van der Waals surface area contributed by atoms with Gasteiger partial charge in [-0.3, -0.25) is 9.59 Å². The number of aryl methyl sites for hydroxylation is 1. The summed E-state index contributed by atoms with van der Waals surface area (Å²) in [6, 6.07) is 9.13. The Hall–Kier alpha value is -2.47. The van der Waals surface area contributed by atoms with Gasteiger partial charge in [0.15, 0.2) is 0 Å². The normalized spacial score (nSPS) is 17.7. The van der Waals surface area contributed by atoms with Gasteiger partial charge in [-0.2, -0.15) is 0 Å². The molecule has 1 aromatic heterocycles. The summed E-state index contributed by atoms with van der Waals surface area (Å²) in [5.74, 6) is -0.219. The lowest BCUT2D eigenvalue weighted by atomic mass is 10.2. The smallest absolute Gasteiger partial charge is 0.249 e. The van der Waals surface area contributed by atoms with E-state index in [2.05, 4.69) is 4.98 Å². The predicted octanol–water partition coefficient (Wildman–Crippen LogP) is 2.73. The Balaban J connectivity index is 1.67. The fourth-order valence-electron chi connectivity index (χ4n) is 2.77. The van der Waals surface area contributed by atoms with Crippen LogP contribution in [-0.4, -0.2) is 41.3 Å². The second-order valence-electron chi connectivity index (χ2n) is 5.70. The molecule has 1 atom stereocenters. The Bertz CT molecular complexity index is 770. The molecule has 0 N–H and O–H groups in total. The zero-order valence-corrected chi connectivity index (χ0v) is 14.5. The molecule has 6 heteroatoms. The van der Waals surface area contributed by atoms with Gasteiger partial charge in [0.1, 0.15) is 6.04 Å². The summed E-state index contributed by atoms with van der Waals surface area (Å²) in [7, 11) is 1.68. The Morgan fingerprint density at radius 3 is 2.79 bits per heavy atom. The molecule has 2 aromatic rings. The minimum absolute atomic E-state index is 0.0325. The molecule has 0 radical (unpaired) electrons. The van der Waals surface area contributed by atoms with Crippen molar-refractivity contribution in [1.29, 1.82) is 0 Å². The van der Waals surface area contributed by atoms with E-state index in [0.717, 1.165) is 16.4 Å². The molecule has 1 fully saturated rings. The number of aromatic nitrogens is 1. The van der Waals surface area contributed by atoms with Crippen LogP contribution < -0.4 is 4.90 Å². The average Bonchev–Trinajstić information content (AvgIpc) is 3.18. The highest BCUT2D eigenvalue weighted by Gasteiger charge is 2.36. The molecule has 24 heavy (non-hydrogen) atoms. The standard InChI is InChI=1S/C18H19N3O2S/c1-13-19-14(12-24-13)8-9-17(22)20(2)16-10-11-21(18(16)23)15-6-4-3-5-7-15/h3-9,12,16H,10-11H2,1-2H3/b9-8-/t16-/m0/s1. The van der Waals surface area contributed by atoms with Crippen LogP contribution in [-0.2, 0) is 9.59 Å². The number of para-hydroxylation sites is 1. The lowest BCUT2D eigenvalue weighted by Gasteiger charge is -2.23. The zero-order chi connectivity index (χ0) is 17.1. The van der Waals surface area contributed by atoms with E-state index >= 15 is 0 Å². The van der Waals surface area contributed by atoms with Gasteiger partial charge in [-0.15, -0.1) is 11.3 Å². The Labute approximate surface area is 145 Å². The van der Waals surface area contributed by atoms with Gasteiger partial charge in [0.2, 0.25) is 11.8 Å². The number of likely N-dealkylation sites (N-methyl/N-ethyl adjacent to an activating group) is 1. The maximum Gasteiger partial charge on any atom is 0.249 e. The second kappa shape index (κ2) is 6.97. The lowest BCUT2D eigenvalue weighted by Crippen LogP contribution is -2.42. The third-order valence-electron chi connectivity index (χ3n) is 4.09. The maximum atomic E-state index is 12.6. The van der Waals surface area contributed by atoms with E-state index in [1.165, 1.54) is 11.0 Å². The van der Waals surface area contributed by atoms with Gasteiger partial charge in [0.25, 0.3) is 0 Å². The lowest BCUT2D eigenvalue weighted by molar-refractivity contribution is -0.132. The molecule has 5 nitrogen and oxygen atoms in total. The van der Waals surface area contributed by atoms with Crippen LogP contribution in [0.25, 0.3) is 6.08 Å². The predicted molar refractivity (Wildman–Crippen MR) is 95.9 cm³/mol. The van der Waals surface area contributed by atoms with Crippen molar-refractivity contribution in [3.05, 3.63) is 52.5 Å². The molecule has 1 aliphatic heterocycles. The number of rotatable bonds is 4. The first-order valence-electron chi connectivity index (χ1n) is 7.79. The van der Waals surface area contributed by atoms with E-state index in [-0.39, 0.29) is 11.8 Å². The number of carbonyl (C=O) groups is 2. The van der Waals surface area contributed by atoms with E-state index in [9.17, 15) is 9.59 Å². The molecule has 1 aromatic carbocycles. The van der Waals surface area contributed by atoms with Crippen molar-refractivity contribution in [3.63, 3.8) is 0 Å². The maximum absolute atomic E-state index is 12.6. The molecule has 0 unspecified atom stereocenters. The van der Waals surface area contributed by atoms with Gasteiger partial charge in [0.05, 0.1) is 10.7 Å². The third-order valence-corrected chi connectivity index (χ3v) is 4.89. The summed E-state index contributed by atoms with van der Waals surface area (Å²) >= 11 is 1.54. The summed E-state index contributed by atoms with van der Waals surface area (Å²) in [6.07, 6.45) is 3.81. The van der Waals surface area contributed by atoms with E-state index in [4.69, 9.17) is 0 Å². The van der Waals surface area contributed by atoms with Crippen molar-refractivity contribution in [2.75, 3.05) is 18.5 Å². The third kappa shape index (κ3) is 3.38. The van der Waals surface area contributed by atoms with Crippen molar-refractivity contribution in [2.24, 2.45) is 0 Å². The van der Waals surface area contributed by atoms with Gasteiger partial charge in [-0.1, -0.05) is 18.2 Å². The largest absolute Gasteiger partial charge is 0.330 e. The number of hydrogen-bond acceptors (Lipinski definition) is 4. The molecule has 124 valence electrons. The van der Waals surface area contributed by atoms with Crippen LogP contribution >= 0.6 is 11.3 Å². The van der Waals surface area contributed by atoms with Crippen molar-refractivity contribution < 1.29 is 9.59 Å². The summed E-state index contributed by atoms with van der Waals surface area (Å²) < 4.78 is 0. The van der Waals surface area contributed by atoms with E-state index in [1.54, 1.807) is 29.4 Å². The molecule has 0 bridgehead atoms. The van der Waals surface area contributed by atoms with Gasteiger partial charge in [-0.05, 0) is 31.6 Å². The molecule has 2 heterocycles. The first kappa shape index (κ1) is 16.4. The molecular formula is C18H19N3O2S. The molecule has 1 aliphatic rings. The van der Waals surface area contributed by atoms with Crippen LogP contribution in [0.3, 0.4) is 0 Å².